The molecule has 0 aromatic heterocycles. The van der Waals surface area contributed by atoms with E-state index >= 15 is 0 Å². The Morgan fingerprint density at radius 3 is 2.88 bits per heavy atom. The van der Waals surface area contributed by atoms with Gasteiger partial charge in [-0.2, -0.15) is 5.10 Å². The van der Waals surface area contributed by atoms with Crippen LogP contribution in [0.3, 0.4) is 0 Å². The second kappa shape index (κ2) is 6.00. The zero-order valence-corrected chi connectivity index (χ0v) is 9.95. The van der Waals surface area contributed by atoms with Gasteiger partial charge in [-0.3, -0.25) is 0 Å². The number of nitrogens with zero attached hydrogens (tertiary/aromatic N) is 1. The van der Waals surface area contributed by atoms with Crippen molar-refractivity contribution in [3.8, 4) is 11.5 Å². The summed E-state index contributed by atoms with van der Waals surface area (Å²) >= 11 is 0. The fourth-order valence-corrected chi connectivity index (χ4v) is 1.44. The number of phenols is 1. The first-order valence-corrected chi connectivity index (χ1v) is 5.36. The highest BCUT2D eigenvalue weighted by molar-refractivity contribution is 6.03. The lowest BCUT2D eigenvalue weighted by atomic mass is 10.1. The van der Waals surface area contributed by atoms with Crippen molar-refractivity contribution < 1.29 is 9.84 Å². The van der Waals surface area contributed by atoms with Crippen LogP contribution in [0.5, 0.6) is 11.5 Å². The minimum absolute atomic E-state index is 0.185. The quantitative estimate of drug-likeness (QED) is 0.592. The number of ether oxygens (including phenoxy) is 1. The molecule has 4 nitrogen and oxygen atoms in total. The molecule has 0 saturated heterocycles. The number of nitrogens with one attached hydrogen (secondary N) is 1. The second-order valence-corrected chi connectivity index (χ2v) is 3.42. The van der Waals surface area contributed by atoms with Crippen molar-refractivity contribution in [1.29, 1.82) is 0 Å². The van der Waals surface area contributed by atoms with Gasteiger partial charge in [0.2, 0.25) is 0 Å². The van der Waals surface area contributed by atoms with Crippen molar-refractivity contribution in [1.82, 2.24) is 5.43 Å². The van der Waals surface area contributed by atoms with Crippen molar-refractivity contribution in [3.63, 3.8) is 0 Å². The molecule has 0 aliphatic heterocycles. The first-order valence-electron chi connectivity index (χ1n) is 5.36. The van der Waals surface area contributed by atoms with Crippen LogP contribution in [0.15, 0.2) is 23.3 Å². The van der Waals surface area contributed by atoms with E-state index in [4.69, 9.17) is 4.74 Å². The summed E-state index contributed by atoms with van der Waals surface area (Å²) in [5.41, 5.74) is 4.04. The standard InChI is InChI=1S/C12H18N2O2/c1-4-8-16-11-7-5-6-10(15)12(11)9(2)14-13-3/h5-7,13,15H,4,8H2,1-3H3/b14-9+. The zero-order chi connectivity index (χ0) is 12.0. The Hall–Kier alpha value is -1.71. The predicted octanol–water partition coefficient (Wildman–Crippen LogP) is 2.12. The zero-order valence-electron chi connectivity index (χ0n) is 9.95. The fraction of sp³-hybridized carbons (Fsp3) is 0.417. The van der Waals surface area contributed by atoms with E-state index in [-0.39, 0.29) is 5.75 Å². The Kier molecular flexibility index (Phi) is 4.64. The molecule has 0 heterocycles. The molecule has 0 aliphatic carbocycles. The van der Waals surface area contributed by atoms with Gasteiger partial charge in [-0.25, -0.2) is 0 Å². The number of hydrogen-bond acceptors (Lipinski definition) is 4. The highest BCUT2D eigenvalue weighted by Gasteiger charge is 2.11. The number of hydrazone groups is 1. The van der Waals surface area contributed by atoms with Crippen molar-refractivity contribution in [2.45, 2.75) is 20.3 Å². The van der Waals surface area contributed by atoms with Crippen LogP contribution >= 0.6 is 0 Å². The van der Waals surface area contributed by atoms with Crippen LogP contribution in [0.2, 0.25) is 0 Å². The van der Waals surface area contributed by atoms with E-state index in [2.05, 4.69) is 10.5 Å². The van der Waals surface area contributed by atoms with Crippen LogP contribution in [0.4, 0.5) is 0 Å². The highest BCUT2D eigenvalue weighted by Crippen LogP contribution is 2.28. The van der Waals surface area contributed by atoms with E-state index in [9.17, 15) is 5.11 Å². The molecular formula is C12H18N2O2. The van der Waals surface area contributed by atoms with Gasteiger partial charge < -0.3 is 15.3 Å². The van der Waals surface area contributed by atoms with Gasteiger partial charge >= 0.3 is 0 Å². The maximum absolute atomic E-state index is 9.80. The Balaban J connectivity index is 3.08. The number of hydrogen-bond donors (Lipinski definition) is 2. The van der Waals surface area contributed by atoms with Gasteiger partial charge in [-0.05, 0) is 25.5 Å². The number of phenolic OH excluding ortho intramolecular Hbond substituents is 1. The number of benzene rings is 1. The van der Waals surface area contributed by atoms with Crippen LogP contribution in [0, 0.1) is 0 Å². The van der Waals surface area contributed by atoms with Gasteiger partial charge in [-0.15, -0.1) is 0 Å². The Bertz CT molecular complexity index is 375. The van der Waals surface area contributed by atoms with Crippen LogP contribution in [-0.4, -0.2) is 24.5 Å². The second-order valence-electron chi connectivity index (χ2n) is 3.42. The highest BCUT2D eigenvalue weighted by atomic mass is 16.5. The molecule has 1 aromatic rings. The van der Waals surface area contributed by atoms with Gasteiger partial charge in [0, 0.05) is 7.05 Å². The normalized spacial score (nSPS) is 11.3. The van der Waals surface area contributed by atoms with Gasteiger partial charge in [0.1, 0.15) is 11.5 Å². The SMILES string of the molecule is CCCOc1cccc(O)c1/C(C)=N/NC. The summed E-state index contributed by atoms with van der Waals surface area (Å²) in [7, 11) is 1.72. The lowest BCUT2D eigenvalue weighted by Gasteiger charge is -2.11. The summed E-state index contributed by atoms with van der Waals surface area (Å²) in [5.74, 6) is 0.850. The smallest absolute Gasteiger partial charge is 0.132 e. The molecule has 0 unspecified atom stereocenters. The topological polar surface area (TPSA) is 53.9 Å². The molecule has 1 aromatic carbocycles. The molecule has 1 rings (SSSR count). The van der Waals surface area contributed by atoms with E-state index < -0.39 is 0 Å². The summed E-state index contributed by atoms with van der Waals surface area (Å²) in [6, 6.07) is 5.22. The lowest BCUT2D eigenvalue weighted by molar-refractivity contribution is 0.315. The summed E-state index contributed by atoms with van der Waals surface area (Å²) in [6.07, 6.45) is 0.928. The molecule has 0 spiro atoms. The summed E-state index contributed by atoms with van der Waals surface area (Å²) in [5, 5.41) is 13.9. The summed E-state index contributed by atoms with van der Waals surface area (Å²) < 4.78 is 5.57. The van der Waals surface area contributed by atoms with Crippen molar-refractivity contribution in [3.05, 3.63) is 23.8 Å². The van der Waals surface area contributed by atoms with Crippen molar-refractivity contribution in [2.24, 2.45) is 5.10 Å². The summed E-state index contributed by atoms with van der Waals surface area (Å²) in [6.45, 7) is 4.49. The Morgan fingerprint density at radius 2 is 2.25 bits per heavy atom. The fourth-order valence-electron chi connectivity index (χ4n) is 1.44. The molecule has 0 saturated carbocycles. The van der Waals surface area contributed by atoms with Gasteiger partial charge in [0.25, 0.3) is 0 Å². The van der Waals surface area contributed by atoms with Crippen molar-refractivity contribution >= 4 is 5.71 Å². The Labute approximate surface area is 95.9 Å². The van der Waals surface area contributed by atoms with E-state index in [1.165, 1.54) is 0 Å². The third-order valence-electron chi connectivity index (χ3n) is 2.11. The average Bonchev–Trinajstić information content (AvgIpc) is 2.26. The molecule has 0 amide bonds. The van der Waals surface area contributed by atoms with Gasteiger partial charge in [0.05, 0.1) is 17.9 Å². The van der Waals surface area contributed by atoms with Gasteiger partial charge in [0.15, 0.2) is 0 Å². The first-order chi connectivity index (χ1) is 7.70. The first kappa shape index (κ1) is 12.4. The molecule has 0 fully saturated rings. The minimum atomic E-state index is 0.185. The van der Waals surface area contributed by atoms with E-state index in [1.807, 2.05) is 19.9 Å². The molecule has 4 heteroatoms. The molecule has 0 aliphatic rings. The molecule has 16 heavy (non-hydrogen) atoms. The summed E-state index contributed by atoms with van der Waals surface area (Å²) in [4.78, 5) is 0. The molecule has 0 radical (unpaired) electrons. The Morgan fingerprint density at radius 1 is 1.50 bits per heavy atom. The molecule has 0 bridgehead atoms. The van der Waals surface area contributed by atoms with E-state index in [1.54, 1.807) is 19.2 Å². The lowest BCUT2D eigenvalue weighted by Crippen LogP contribution is -2.07. The van der Waals surface area contributed by atoms with Crippen molar-refractivity contribution in [2.75, 3.05) is 13.7 Å². The maximum Gasteiger partial charge on any atom is 0.132 e. The monoisotopic (exact) mass is 222 g/mol. The molecule has 88 valence electrons. The van der Waals surface area contributed by atoms with Crippen LogP contribution in [-0.2, 0) is 0 Å². The van der Waals surface area contributed by atoms with Gasteiger partial charge in [-0.1, -0.05) is 13.0 Å². The van der Waals surface area contributed by atoms with Crippen LogP contribution < -0.4 is 10.2 Å². The van der Waals surface area contributed by atoms with Crippen LogP contribution in [0.25, 0.3) is 0 Å². The third kappa shape index (κ3) is 2.89. The van der Waals surface area contributed by atoms with E-state index in [0.717, 1.165) is 6.42 Å². The minimum Gasteiger partial charge on any atom is -0.507 e. The molecule has 2 N–H and O–H groups in total. The number of aromatic hydroxyl groups is 1. The molecule has 0 atom stereocenters. The largest absolute Gasteiger partial charge is 0.507 e. The maximum atomic E-state index is 9.80. The average molecular weight is 222 g/mol. The number of rotatable bonds is 5. The third-order valence-corrected chi connectivity index (χ3v) is 2.11. The van der Waals surface area contributed by atoms with E-state index in [0.29, 0.717) is 23.6 Å². The van der Waals surface area contributed by atoms with Crippen LogP contribution in [0.1, 0.15) is 25.8 Å². The predicted molar refractivity (Wildman–Crippen MR) is 65.2 cm³/mol. The molecular weight excluding hydrogens is 204 g/mol.